The van der Waals surface area contributed by atoms with Gasteiger partial charge in [-0.3, -0.25) is 4.79 Å². The van der Waals surface area contributed by atoms with Crippen LogP contribution in [0.1, 0.15) is 45.4 Å². The Hall–Kier alpha value is -1.85. The van der Waals surface area contributed by atoms with Crippen LogP contribution in [0.4, 0.5) is 11.6 Å². The van der Waals surface area contributed by atoms with Gasteiger partial charge in [-0.05, 0) is 19.8 Å². The Morgan fingerprint density at radius 3 is 2.55 bits per heavy atom. The van der Waals surface area contributed by atoms with Gasteiger partial charge in [0.2, 0.25) is 5.91 Å². The molecule has 1 aliphatic rings. The predicted molar refractivity (Wildman–Crippen MR) is 79.4 cm³/mol. The summed E-state index contributed by atoms with van der Waals surface area (Å²) in [6.45, 7) is 7.59. The van der Waals surface area contributed by atoms with Crippen molar-refractivity contribution in [1.29, 1.82) is 0 Å². The van der Waals surface area contributed by atoms with Crippen LogP contribution in [-0.2, 0) is 4.79 Å². The summed E-state index contributed by atoms with van der Waals surface area (Å²) in [5.41, 5.74) is 5.78. The minimum Gasteiger partial charge on any atom is -0.384 e. The number of likely N-dealkylation sites (tertiary alicyclic amines) is 1. The highest BCUT2D eigenvalue weighted by Gasteiger charge is 2.23. The van der Waals surface area contributed by atoms with E-state index in [0.717, 1.165) is 25.9 Å². The quantitative estimate of drug-likeness (QED) is 0.873. The van der Waals surface area contributed by atoms with E-state index in [2.05, 4.69) is 15.3 Å². The number of anilines is 2. The standard InChI is InChI=1S/C14H23N5O/c1-9(2)13-17-11(15)8-12(18-13)16-10(3)14(20)19-6-4-5-7-19/h8-10H,4-7H2,1-3H3,(H3,15,16,17,18). The molecule has 1 unspecified atom stereocenters. The molecule has 0 aromatic carbocycles. The number of nitrogens with zero attached hydrogens (tertiary/aromatic N) is 3. The molecule has 1 fully saturated rings. The third-order valence-corrected chi connectivity index (χ3v) is 3.43. The Morgan fingerprint density at radius 1 is 1.30 bits per heavy atom. The van der Waals surface area contributed by atoms with Crippen LogP contribution in [0.25, 0.3) is 0 Å². The average Bonchev–Trinajstić information content (AvgIpc) is 2.90. The summed E-state index contributed by atoms with van der Waals surface area (Å²) >= 11 is 0. The monoisotopic (exact) mass is 277 g/mol. The van der Waals surface area contributed by atoms with Crippen molar-refractivity contribution in [3.63, 3.8) is 0 Å². The summed E-state index contributed by atoms with van der Waals surface area (Å²) in [5.74, 6) is 2.04. The Bertz CT molecular complexity index is 482. The molecule has 1 atom stereocenters. The highest BCUT2D eigenvalue weighted by Crippen LogP contribution is 2.17. The van der Waals surface area contributed by atoms with Crippen molar-refractivity contribution in [2.75, 3.05) is 24.1 Å². The molecule has 20 heavy (non-hydrogen) atoms. The lowest BCUT2D eigenvalue weighted by Crippen LogP contribution is -2.39. The number of hydrogen-bond donors (Lipinski definition) is 2. The van der Waals surface area contributed by atoms with Crippen LogP contribution in [0.3, 0.4) is 0 Å². The maximum Gasteiger partial charge on any atom is 0.244 e. The summed E-state index contributed by atoms with van der Waals surface area (Å²) in [6.07, 6.45) is 2.19. The van der Waals surface area contributed by atoms with Gasteiger partial charge in [0.25, 0.3) is 0 Å². The summed E-state index contributed by atoms with van der Waals surface area (Å²) in [5, 5.41) is 3.13. The second-order valence-corrected chi connectivity index (χ2v) is 5.59. The highest BCUT2D eigenvalue weighted by molar-refractivity contribution is 5.84. The molecule has 0 aliphatic carbocycles. The number of nitrogens with one attached hydrogen (secondary N) is 1. The van der Waals surface area contributed by atoms with E-state index in [1.54, 1.807) is 6.07 Å². The van der Waals surface area contributed by atoms with E-state index in [1.807, 2.05) is 25.7 Å². The van der Waals surface area contributed by atoms with Gasteiger partial charge in [-0.15, -0.1) is 0 Å². The first-order chi connectivity index (χ1) is 9.47. The van der Waals surface area contributed by atoms with E-state index < -0.39 is 0 Å². The topological polar surface area (TPSA) is 84.1 Å². The molecule has 1 aliphatic heterocycles. The number of nitrogens with two attached hydrogens (primary N) is 1. The fourth-order valence-corrected chi connectivity index (χ4v) is 2.31. The second-order valence-electron chi connectivity index (χ2n) is 5.59. The maximum absolute atomic E-state index is 12.2. The molecule has 2 rings (SSSR count). The fourth-order valence-electron chi connectivity index (χ4n) is 2.31. The van der Waals surface area contributed by atoms with Gasteiger partial charge >= 0.3 is 0 Å². The van der Waals surface area contributed by atoms with E-state index >= 15 is 0 Å². The van der Waals surface area contributed by atoms with E-state index in [0.29, 0.717) is 17.5 Å². The number of hydrogen-bond acceptors (Lipinski definition) is 5. The van der Waals surface area contributed by atoms with Crippen molar-refractivity contribution in [1.82, 2.24) is 14.9 Å². The molecule has 0 saturated carbocycles. The zero-order valence-corrected chi connectivity index (χ0v) is 12.4. The first kappa shape index (κ1) is 14.6. The van der Waals surface area contributed by atoms with Crippen molar-refractivity contribution in [2.45, 2.75) is 45.6 Å². The minimum absolute atomic E-state index is 0.116. The first-order valence-corrected chi connectivity index (χ1v) is 7.17. The average molecular weight is 277 g/mol. The number of nitrogen functional groups attached to an aromatic ring is 1. The lowest BCUT2D eigenvalue weighted by atomic mass is 10.2. The number of rotatable bonds is 4. The van der Waals surface area contributed by atoms with Crippen LogP contribution in [0.5, 0.6) is 0 Å². The molecular formula is C14H23N5O. The van der Waals surface area contributed by atoms with Crippen LogP contribution in [0.2, 0.25) is 0 Å². The fraction of sp³-hybridized carbons (Fsp3) is 0.643. The molecule has 0 spiro atoms. The normalized spacial score (nSPS) is 16.5. The molecule has 3 N–H and O–H groups in total. The van der Waals surface area contributed by atoms with Gasteiger partial charge in [-0.1, -0.05) is 13.8 Å². The van der Waals surface area contributed by atoms with Crippen molar-refractivity contribution in [3.8, 4) is 0 Å². The molecule has 110 valence electrons. The third-order valence-electron chi connectivity index (χ3n) is 3.43. The minimum atomic E-state index is -0.303. The van der Waals surface area contributed by atoms with E-state index in [1.165, 1.54) is 0 Å². The molecule has 1 amide bonds. The maximum atomic E-state index is 12.2. The predicted octanol–water partition coefficient (Wildman–Crippen LogP) is 1.60. The van der Waals surface area contributed by atoms with E-state index in [9.17, 15) is 4.79 Å². The molecule has 6 heteroatoms. The van der Waals surface area contributed by atoms with E-state index in [-0.39, 0.29) is 17.9 Å². The van der Waals surface area contributed by atoms with Crippen LogP contribution >= 0.6 is 0 Å². The summed E-state index contributed by atoms with van der Waals surface area (Å²) in [4.78, 5) is 22.7. The number of amides is 1. The molecular weight excluding hydrogens is 254 g/mol. The van der Waals surface area contributed by atoms with Gasteiger partial charge < -0.3 is 16.0 Å². The van der Waals surface area contributed by atoms with Gasteiger partial charge in [0.05, 0.1) is 0 Å². The Balaban J connectivity index is 2.06. The molecule has 2 heterocycles. The lowest BCUT2D eigenvalue weighted by molar-refractivity contribution is -0.130. The van der Waals surface area contributed by atoms with Gasteiger partial charge in [0.1, 0.15) is 23.5 Å². The second kappa shape index (κ2) is 6.07. The third kappa shape index (κ3) is 3.37. The molecule has 1 aromatic heterocycles. The van der Waals surface area contributed by atoms with Gasteiger partial charge in [-0.2, -0.15) is 0 Å². The van der Waals surface area contributed by atoms with Crippen molar-refractivity contribution >= 4 is 17.5 Å². The van der Waals surface area contributed by atoms with Crippen LogP contribution in [0.15, 0.2) is 6.07 Å². The summed E-state index contributed by atoms with van der Waals surface area (Å²) in [7, 11) is 0. The first-order valence-electron chi connectivity index (χ1n) is 7.17. The van der Waals surface area contributed by atoms with Gasteiger partial charge in [0.15, 0.2) is 0 Å². The Labute approximate surface area is 119 Å². The van der Waals surface area contributed by atoms with E-state index in [4.69, 9.17) is 5.73 Å². The number of carbonyl (C=O) groups is 1. The zero-order valence-electron chi connectivity index (χ0n) is 12.4. The lowest BCUT2D eigenvalue weighted by Gasteiger charge is -2.21. The number of carbonyl (C=O) groups excluding carboxylic acids is 1. The number of aromatic nitrogens is 2. The van der Waals surface area contributed by atoms with Crippen molar-refractivity contribution in [2.24, 2.45) is 0 Å². The molecule has 0 bridgehead atoms. The van der Waals surface area contributed by atoms with Crippen LogP contribution < -0.4 is 11.1 Å². The van der Waals surface area contributed by atoms with Crippen molar-refractivity contribution in [3.05, 3.63) is 11.9 Å². The molecule has 1 aromatic rings. The van der Waals surface area contributed by atoms with Crippen molar-refractivity contribution < 1.29 is 4.79 Å². The summed E-state index contributed by atoms with van der Waals surface area (Å²) in [6, 6.07) is 1.36. The molecule has 1 saturated heterocycles. The van der Waals surface area contributed by atoms with Gasteiger partial charge in [-0.25, -0.2) is 9.97 Å². The van der Waals surface area contributed by atoms with Crippen LogP contribution in [-0.4, -0.2) is 39.9 Å². The molecule has 0 radical (unpaired) electrons. The molecule has 6 nitrogen and oxygen atoms in total. The SMILES string of the molecule is CC(Nc1cc(N)nc(C(C)C)n1)C(=O)N1CCCC1. The Morgan fingerprint density at radius 2 is 1.95 bits per heavy atom. The zero-order chi connectivity index (χ0) is 14.7. The largest absolute Gasteiger partial charge is 0.384 e. The smallest absolute Gasteiger partial charge is 0.244 e. The van der Waals surface area contributed by atoms with Gasteiger partial charge in [0, 0.05) is 25.1 Å². The summed E-state index contributed by atoms with van der Waals surface area (Å²) < 4.78 is 0. The van der Waals surface area contributed by atoms with Crippen LogP contribution in [0, 0.1) is 0 Å². The highest BCUT2D eigenvalue weighted by atomic mass is 16.2. The Kier molecular flexibility index (Phi) is 4.42.